The molecule has 1 N–H and O–H groups in total. The van der Waals surface area contributed by atoms with Crippen molar-refractivity contribution in [2.24, 2.45) is 0 Å². The average Bonchev–Trinajstić information content (AvgIpc) is 3.40. The lowest BCUT2D eigenvalue weighted by Crippen LogP contribution is -2.18. The molecule has 1 aliphatic rings. The molecule has 2 aromatic heterocycles. The number of aromatic nitrogens is 4. The molecule has 1 aliphatic heterocycles. The van der Waals surface area contributed by atoms with Crippen LogP contribution >= 0.6 is 0 Å². The van der Waals surface area contributed by atoms with Crippen molar-refractivity contribution in [1.82, 2.24) is 20.0 Å². The third kappa shape index (κ3) is 3.57. The minimum absolute atomic E-state index is 0.0502. The Bertz CT molecular complexity index is 1190. The highest BCUT2D eigenvalue weighted by Gasteiger charge is 2.18. The van der Waals surface area contributed by atoms with Crippen molar-refractivity contribution in [3.8, 4) is 12.1 Å². The van der Waals surface area contributed by atoms with E-state index in [4.69, 9.17) is 15.3 Å². The fraction of sp³-hybridized carbons (Fsp3) is 0.238. The molecule has 7 heteroatoms. The predicted molar refractivity (Wildman–Crippen MR) is 104 cm³/mol. The van der Waals surface area contributed by atoms with Crippen LogP contribution in [0.4, 0.5) is 0 Å². The lowest BCUT2D eigenvalue weighted by molar-refractivity contribution is -0.0366. The van der Waals surface area contributed by atoms with E-state index in [1.165, 1.54) is 6.42 Å². The number of aromatic amines is 1. The summed E-state index contributed by atoms with van der Waals surface area (Å²) in [5.74, 6) is 0. The zero-order valence-corrected chi connectivity index (χ0v) is 15.2. The van der Waals surface area contributed by atoms with Crippen molar-refractivity contribution < 1.29 is 4.74 Å². The molecular formula is C21H18N6O. The number of fused-ring (bicyclic) bond motifs is 2. The van der Waals surface area contributed by atoms with Gasteiger partial charge >= 0.3 is 0 Å². The first-order chi connectivity index (χ1) is 13.8. The van der Waals surface area contributed by atoms with Gasteiger partial charge in [-0.1, -0.05) is 0 Å². The molecule has 0 bridgehead atoms. The van der Waals surface area contributed by atoms with Gasteiger partial charge in [-0.25, -0.2) is 4.68 Å². The van der Waals surface area contributed by atoms with Gasteiger partial charge < -0.3 is 4.74 Å². The van der Waals surface area contributed by atoms with Crippen LogP contribution in [-0.4, -0.2) is 26.6 Å². The molecule has 5 rings (SSSR count). The molecule has 4 aromatic rings. The van der Waals surface area contributed by atoms with E-state index in [1.54, 1.807) is 24.5 Å². The Balaban J connectivity index is 0.000000151. The fourth-order valence-corrected chi connectivity index (χ4v) is 3.28. The Kier molecular flexibility index (Phi) is 5.01. The molecule has 1 fully saturated rings. The van der Waals surface area contributed by atoms with Gasteiger partial charge in [0, 0.05) is 17.4 Å². The standard InChI is InChI=1S/C13H13N3O.C8H5N3/c14-8-10-4-5-12-11(7-10)9-15-16(12)13-3-1-2-6-17-13;9-4-6-1-2-8-7(3-6)5-10-11-8/h4-5,7,9,13H,1-3,6H2;1-3,5H,(H,10,11). The highest BCUT2D eigenvalue weighted by Crippen LogP contribution is 2.26. The van der Waals surface area contributed by atoms with E-state index in [1.807, 2.05) is 28.9 Å². The molecule has 1 unspecified atom stereocenters. The van der Waals surface area contributed by atoms with Crippen molar-refractivity contribution in [2.75, 3.05) is 6.61 Å². The second-order valence-electron chi connectivity index (χ2n) is 6.58. The second-order valence-corrected chi connectivity index (χ2v) is 6.58. The van der Waals surface area contributed by atoms with Crippen LogP contribution in [0.3, 0.4) is 0 Å². The molecule has 0 aliphatic carbocycles. The Morgan fingerprint density at radius 1 is 1.00 bits per heavy atom. The molecule has 2 aromatic carbocycles. The van der Waals surface area contributed by atoms with E-state index in [0.717, 1.165) is 41.3 Å². The van der Waals surface area contributed by atoms with Crippen LogP contribution < -0.4 is 0 Å². The highest BCUT2D eigenvalue weighted by atomic mass is 16.5. The van der Waals surface area contributed by atoms with Crippen molar-refractivity contribution in [3.05, 3.63) is 59.9 Å². The van der Waals surface area contributed by atoms with Gasteiger partial charge in [0.1, 0.15) is 0 Å². The largest absolute Gasteiger partial charge is 0.356 e. The SMILES string of the molecule is N#Cc1ccc2[nH]ncc2c1.N#Cc1ccc2c(cnn2C2CCCCO2)c1. The zero-order valence-electron chi connectivity index (χ0n) is 15.2. The van der Waals surface area contributed by atoms with Gasteiger partial charge in [-0.05, 0) is 55.7 Å². The minimum Gasteiger partial charge on any atom is -0.356 e. The van der Waals surface area contributed by atoms with E-state index in [9.17, 15) is 0 Å². The van der Waals surface area contributed by atoms with Crippen LogP contribution in [0, 0.1) is 22.7 Å². The summed E-state index contributed by atoms with van der Waals surface area (Å²) >= 11 is 0. The van der Waals surface area contributed by atoms with Crippen LogP contribution in [0.1, 0.15) is 36.6 Å². The van der Waals surface area contributed by atoms with Crippen molar-refractivity contribution in [1.29, 1.82) is 10.5 Å². The molecule has 1 saturated heterocycles. The summed E-state index contributed by atoms with van der Waals surface area (Å²) < 4.78 is 7.65. The summed E-state index contributed by atoms with van der Waals surface area (Å²) in [5, 5.41) is 30.4. The third-order valence-electron chi connectivity index (χ3n) is 4.72. The first-order valence-electron chi connectivity index (χ1n) is 9.11. The van der Waals surface area contributed by atoms with E-state index in [2.05, 4.69) is 27.4 Å². The molecule has 0 amide bonds. The van der Waals surface area contributed by atoms with Gasteiger partial charge in [0.2, 0.25) is 0 Å². The maximum absolute atomic E-state index is 8.85. The van der Waals surface area contributed by atoms with Gasteiger partial charge in [-0.2, -0.15) is 20.7 Å². The molecule has 28 heavy (non-hydrogen) atoms. The maximum atomic E-state index is 8.85. The Morgan fingerprint density at radius 3 is 2.54 bits per heavy atom. The first kappa shape index (κ1) is 17.7. The van der Waals surface area contributed by atoms with E-state index in [-0.39, 0.29) is 6.23 Å². The summed E-state index contributed by atoms with van der Waals surface area (Å²) in [6, 6.07) is 15.3. The van der Waals surface area contributed by atoms with E-state index < -0.39 is 0 Å². The number of hydrogen-bond donors (Lipinski definition) is 1. The monoisotopic (exact) mass is 370 g/mol. The predicted octanol–water partition coefficient (Wildman–Crippen LogP) is 4.04. The van der Waals surface area contributed by atoms with Crippen LogP contribution in [-0.2, 0) is 4.74 Å². The quantitative estimate of drug-likeness (QED) is 0.544. The van der Waals surface area contributed by atoms with Crippen LogP contribution in [0.15, 0.2) is 48.8 Å². The van der Waals surface area contributed by atoms with Crippen molar-refractivity contribution in [2.45, 2.75) is 25.5 Å². The first-order valence-corrected chi connectivity index (χ1v) is 9.11. The smallest absolute Gasteiger partial charge is 0.150 e. The highest BCUT2D eigenvalue weighted by molar-refractivity contribution is 5.80. The van der Waals surface area contributed by atoms with Gasteiger partial charge in [-0.15, -0.1) is 0 Å². The Hall–Kier alpha value is -3.68. The van der Waals surface area contributed by atoms with E-state index >= 15 is 0 Å². The second kappa shape index (κ2) is 7.91. The topological polar surface area (TPSA) is 103 Å². The number of hydrogen-bond acceptors (Lipinski definition) is 5. The van der Waals surface area contributed by atoms with Crippen molar-refractivity contribution >= 4 is 21.8 Å². The van der Waals surface area contributed by atoms with Crippen LogP contribution in [0.25, 0.3) is 21.8 Å². The number of nitrogens with one attached hydrogen (secondary N) is 1. The van der Waals surface area contributed by atoms with Gasteiger partial charge in [0.25, 0.3) is 0 Å². The minimum atomic E-state index is 0.0502. The number of benzene rings is 2. The van der Waals surface area contributed by atoms with Gasteiger partial charge in [-0.3, -0.25) is 5.10 Å². The molecule has 0 spiro atoms. The van der Waals surface area contributed by atoms with Crippen LogP contribution in [0.5, 0.6) is 0 Å². The number of nitriles is 2. The number of H-pyrrole nitrogens is 1. The van der Waals surface area contributed by atoms with Crippen LogP contribution in [0.2, 0.25) is 0 Å². The molecular weight excluding hydrogens is 352 g/mol. The van der Waals surface area contributed by atoms with Crippen molar-refractivity contribution in [3.63, 3.8) is 0 Å². The molecule has 3 heterocycles. The number of ether oxygens (including phenoxy) is 1. The molecule has 138 valence electrons. The zero-order chi connectivity index (χ0) is 19.3. The number of nitrogens with zero attached hydrogens (tertiary/aromatic N) is 5. The lowest BCUT2D eigenvalue weighted by Gasteiger charge is -2.23. The molecule has 0 radical (unpaired) electrons. The van der Waals surface area contributed by atoms with E-state index in [0.29, 0.717) is 11.1 Å². The summed E-state index contributed by atoms with van der Waals surface area (Å²) in [4.78, 5) is 0. The maximum Gasteiger partial charge on any atom is 0.150 e. The molecule has 0 saturated carbocycles. The van der Waals surface area contributed by atoms with Gasteiger partial charge in [0.05, 0.1) is 46.7 Å². The van der Waals surface area contributed by atoms with Gasteiger partial charge in [0.15, 0.2) is 6.23 Å². The Morgan fingerprint density at radius 2 is 1.79 bits per heavy atom. The number of rotatable bonds is 1. The normalized spacial score (nSPS) is 16.1. The fourth-order valence-electron chi connectivity index (χ4n) is 3.28. The summed E-state index contributed by atoms with van der Waals surface area (Å²) in [7, 11) is 0. The Labute approximate surface area is 161 Å². The third-order valence-corrected chi connectivity index (χ3v) is 4.72. The summed E-state index contributed by atoms with van der Waals surface area (Å²) in [6.45, 7) is 0.808. The summed E-state index contributed by atoms with van der Waals surface area (Å²) in [5.41, 5.74) is 3.33. The average molecular weight is 370 g/mol. The summed E-state index contributed by atoms with van der Waals surface area (Å²) in [6.07, 6.45) is 6.88. The molecule has 7 nitrogen and oxygen atoms in total. The molecule has 1 atom stereocenters. The lowest BCUT2D eigenvalue weighted by atomic mass is 10.1.